The molecule has 150 valence electrons. The number of carbonyl (C=O) groups excluding carboxylic acids is 1. The minimum absolute atomic E-state index is 0.105. The highest BCUT2D eigenvalue weighted by atomic mass is 32.2. The van der Waals surface area contributed by atoms with Crippen molar-refractivity contribution in [3.05, 3.63) is 59.2 Å². The maximum absolute atomic E-state index is 13.1. The third-order valence-electron chi connectivity index (χ3n) is 5.46. The van der Waals surface area contributed by atoms with Crippen LogP contribution in [0.15, 0.2) is 47.4 Å². The molecule has 0 radical (unpaired) electrons. The number of sulfonamides is 1. The molecule has 0 spiro atoms. The molecule has 1 N–H and O–H groups in total. The summed E-state index contributed by atoms with van der Waals surface area (Å²) in [5, 5.41) is 0. The largest absolute Gasteiger partial charge is 0.333 e. The number of anilines is 1. The lowest BCUT2D eigenvalue weighted by molar-refractivity contribution is 0.0510. The predicted octanol–water partition coefficient (Wildman–Crippen LogP) is 4.51. The van der Waals surface area contributed by atoms with Gasteiger partial charge in [0.1, 0.15) is 0 Å². The highest BCUT2D eigenvalue weighted by molar-refractivity contribution is 7.92. The number of benzene rings is 2. The van der Waals surface area contributed by atoms with Crippen LogP contribution in [0.3, 0.4) is 0 Å². The van der Waals surface area contributed by atoms with Crippen LogP contribution in [0.1, 0.15) is 54.6 Å². The fraction of sp³-hybridized carbons (Fsp3) is 0.409. The molecule has 0 aliphatic carbocycles. The number of nitrogens with zero attached hydrogens (tertiary/aromatic N) is 1. The van der Waals surface area contributed by atoms with Crippen LogP contribution in [0.2, 0.25) is 0 Å². The molecular weight excluding hydrogens is 372 g/mol. The van der Waals surface area contributed by atoms with E-state index in [2.05, 4.69) is 18.6 Å². The number of amides is 1. The molecule has 2 atom stereocenters. The Morgan fingerprint density at radius 2 is 1.61 bits per heavy atom. The third kappa shape index (κ3) is 4.22. The summed E-state index contributed by atoms with van der Waals surface area (Å²) in [5.41, 5.74) is 2.57. The van der Waals surface area contributed by atoms with Gasteiger partial charge in [-0.05, 0) is 76.8 Å². The van der Waals surface area contributed by atoms with Gasteiger partial charge in [0.15, 0.2) is 0 Å². The molecule has 1 amide bonds. The van der Waals surface area contributed by atoms with Crippen LogP contribution in [-0.2, 0) is 10.0 Å². The summed E-state index contributed by atoms with van der Waals surface area (Å²) in [4.78, 5) is 15.1. The normalized spacial score (nSPS) is 20.1. The van der Waals surface area contributed by atoms with E-state index >= 15 is 0 Å². The molecule has 0 aromatic heterocycles. The molecule has 0 bridgehead atoms. The maximum Gasteiger partial charge on any atom is 0.262 e. The molecule has 6 heteroatoms. The second kappa shape index (κ2) is 7.95. The van der Waals surface area contributed by atoms with E-state index in [1.165, 1.54) is 6.07 Å². The van der Waals surface area contributed by atoms with Crippen LogP contribution in [-0.4, -0.2) is 31.3 Å². The van der Waals surface area contributed by atoms with Crippen LogP contribution in [0.5, 0.6) is 0 Å². The Kier molecular flexibility index (Phi) is 5.79. The molecule has 1 saturated heterocycles. The quantitative estimate of drug-likeness (QED) is 0.821. The highest BCUT2D eigenvalue weighted by Gasteiger charge is 2.30. The molecule has 1 aliphatic rings. The number of rotatable bonds is 4. The molecule has 1 aliphatic heterocycles. The molecule has 28 heavy (non-hydrogen) atoms. The summed E-state index contributed by atoms with van der Waals surface area (Å²) < 4.78 is 28.5. The van der Waals surface area contributed by atoms with Crippen LogP contribution >= 0.6 is 0 Å². The number of hydrogen-bond donors (Lipinski definition) is 1. The monoisotopic (exact) mass is 400 g/mol. The van der Waals surface area contributed by atoms with Gasteiger partial charge in [-0.1, -0.05) is 23.8 Å². The number of hydrogen-bond acceptors (Lipinski definition) is 3. The van der Waals surface area contributed by atoms with Crippen molar-refractivity contribution in [3.8, 4) is 0 Å². The minimum Gasteiger partial charge on any atom is -0.333 e. The topological polar surface area (TPSA) is 66.5 Å². The number of carbonyl (C=O) groups is 1. The Morgan fingerprint density at radius 3 is 2.21 bits per heavy atom. The lowest BCUT2D eigenvalue weighted by atomic mass is 9.96. The number of piperidine rings is 1. The second-order valence-electron chi connectivity index (χ2n) is 7.79. The lowest BCUT2D eigenvalue weighted by Crippen LogP contribution is -2.47. The Morgan fingerprint density at radius 1 is 1.00 bits per heavy atom. The van der Waals surface area contributed by atoms with Gasteiger partial charge in [-0.25, -0.2) is 8.42 Å². The first-order valence-electron chi connectivity index (χ1n) is 9.72. The fourth-order valence-corrected chi connectivity index (χ4v) is 5.16. The first kappa shape index (κ1) is 20.4. The van der Waals surface area contributed by atoms with E-state index in [0.717, 1.165) is 24.8 Å². The van der Waals surface area contributed by atoms with Crippen molar-refractivity contribution >= 4 is 21.6 Å². The first-order chi connectivity index (χ1) is 13.2. The van der Waals surface area contributed by atoms with Crippen LogP contribution in [0.25, 0.3) is 0 Å². The lowest BCUT2D eigenvalue weighted by Gasteiger charge is -2.39. The number of nitrogens with one attached hydrogen (secondary N) is 1. The summed E-state index contributed by atoms with van der Waals surface area (Å²) in [6.45, 7) is 7.79. The smallest absolute Gasteiger partial charge is 0.262 e. The summed E-state index contributed by atoms with van der Waals surface area (Å²) in [7, 11) is -3.79. The Bertz CT molecular complexity index is 958. The second-order valence-corrected chi connectivity index (χ2v) is 9.44. The van der Waals surface area contributed by atoms with Crippen molar-refractivity contribution in [2.75, 3.05) is 4.72 Å². The standard InChI is InChI=1S/C22H28N2O3S/c1-15-8-12-20(13-9-15)23-28(26,27)21-14-19(11-10-16(21)2)22(25)24-17(3)6-5-7-18(24)4/h8-14,17-18,23H,5-7H2,1-4H3/t17-,18-/m0/s1. The molecule has 5 nitrogen and oxygen atoms in total. The summed E-state index contributed by atoms with van der Waals surface area (Å²) in [6, 6.07) is 12.4. The van der Waals surface area contributed by atoms with Crippen molar-refractivity contribution in [3.63, 3.8) is 0 Å². The zero-order valence-electron chi connectivity index (χ0n) is 16.9. The number of likely N-dealkylation sites (tertiary alicyclic amines) is 1. The van der Waals surface area contributed by atoms with E-state index in [-0.39, 0.29) is 22.9 Å². The van der Waals surface area contributed by atoms with E-state index in [1.54, 1.807) is 31.2 Å². The fourth-order valence-electron chi connectivity index (χ4n) is 3.83. The van der Waals surface area contributed by atoms with Crippen molar-refractivity contribution in [1.29, 1.82) is 0 Å². The molecule has 1 heterocycles. The van der Waals surface area contributed by atoms with Crippen molar-refractivity contribution < 1.29 is 13.2 Å². The highest BCUT2D eigenvalue weighted by Crippen LogP contribution is 2.27. The molecule has 0 saturated carbocycles. The summed E-state index contributed by atoms with van der Waals surface area (Å²) >= 11 is 0. The Hall–Kier alpha value is -2.34. The van der Waals surface area contributed by atoms with Crippen LogP contribution in [0, 0.1) is 13.8 Å². The molecule has 1 fully saturated rings. The van der Waals surface area contributed by atoms with Gasteiger partial charge >= 0.3 is 0 Å². The molecule has 0 unspecified atom stereocenters. The zero-order chi connectivity index (χ0) is 20.5. The Balaban J connectivity index is 1.92. The van der Waals surface area contributed by atoms with E-state index in [4.69, 9.17) is 0 Å². The van der Waals surface area contributed by atoms with Gasteiger partial charge < -0.3 is 4.90 Å². The molecule has 3 rings (SSSR count). The van der Waals surface area contributed by atoms with Gasteiger partial charge in [0, 0.05) is 23.3 Å². The average molecular weight is 401 g/mol. The van der Waals surface area contributed by atoms with Gasteiger partial charge in [-0.15, -0.1) is 0 Å². The zero-order valence-corrected chi connectivity index (χ0v) is 17.7. The van der Waals surface area contributed by atoms with Crippen molar-refractivity contribution in [2.45, 2.75) is 63.9 Å². The van der Waals surface area contributed by atoms with E-state index in [1.807, 2.05) is 24.0 Å². The molecule has 2 aromatic rings. The van der Waals surface area contributed by atoms with Crippen molar-refractivity contribution in [1.82, 2.24) is 4.90 Å². The Labute approximate surface area is 167 Å². The average Bonchev–Trinajstić information content (AvgIpc) is 2.63. The SMILES string of the molecule is Cc1ccc(NS(=O)(=O)c2cc(C(=O)N3[C@@H](C)CCC[C@@H]3C)ccc2C)cc1. The molecule has 2 aromatic carbocycles. The predicted molar refractivity (Wildman–Crippen MR) is 112 cm³/mol. The third-order valence-corrected chi connectivity index (χ3v) is 6.98. The van der Waals surface area contributed by atoms with Gasteiger partial charge in [-0.3, -0.25) is 9.52 Å². The number of aryl methyl sites for hydroxylation is 2. The summed E-state index contributed by atoms with van der Waals surface area (Å²) in [5.74, 6) is -0.105. The van der Waals surface area contributed by atoms with Crippen LogP contribution < -0.4 is 4.72 Å². The summed E-state index contributed by atoms with van der Waals surface area (Å²) in [6.07, 6.45) is 3.06. The van der Waals surface area contributed by atoms with Crippen molar-refractivity contribution in [2.24, 2.45) is 0 Å². The minimum atomic E-state index is -3.79. The van der Waals surface area contributed by atoms with Gasteiger partial charge in [-0.2, -0.15) is 0 Å². The molecular formula is C22H28N2O3S. The van der Waals surface area contributed by atoms with E-state index in [0.29, 0.717) is 16.8 Å². The van der Waals surface area contributed by atoms with Gasteiger partial charge in [0.25, 0.3) is 15.9 Å². The maximum atomic E-state index is 13.1. The van der Waals surface area contributed by atoms with E-state index < -0.39 is 10.0 Å². The van der Waals surface area contributed by atoms with Gasteiger partial charge in [0.2, 0.25) is 0 Å². The van der Waals surface area contributed by atoms with E-state index in [9.17, 15) is 13.2 Å². The van der Waals surface area contributed by atoms with Crippen LogP contribution in [0.4, 0.5) is 5.69 Å². The van der Waals surface area contributed by atoms with Gasteiger partial charge in [0.05, 0.1) is 4.90 Å². The first-order valence-corrected chi connectivity index (χ1v) is 11.2.